The SMILES string of the molecule is COC(=O)N(Cc1cc(C(F)(F)F)cc(C(F)(F)F)c1)[C@H]1C[C@@H](C(C)C)Nc2ccc(C(F)(F)F)cc21. The van der Waals surface area contributed by atoms with Gasteiger partial charge in [0, 0.05) is 18.3 Å². The second-order valence-corrected chi connectivity index (χ2v) is 9.06. The summed E-state index contributed by atoms with van der Waals surface area (Å²) in [5.74, 6) is -0.0807. The van der Waals surface area contributed by atoms with Crippen molar-refractivity contribution in [1.29, 1.82) is 0 Å². The van der Waals surface area contributed by atoms with Crippen LogP contribution in [0.5, 0.6) is 0 Å². The largest absolute Gasteiger partial charge is 0.453 e. The Labute approximate surface area is 206 Å². The average Bonchev–Trinajstić information content (AvgIpc) is 2.79. The number of methoxy groups -OCH3 is 1. The predicted molar refractivity (Wildman–Crippen MR) is 115 cm³/mol. The molecule has 0 bridgehead atoms. The molecule has 2 atom stereocenters. The Morgan fingerprint density at radius 2 is 1.46 bits per heavy atom. The zero-order chi connectivity index (χ0) is 27.9. The first kappa shape index (κ1) is 28.5. The number of nitrogens with one attached hydrogen (secondary N) is 1. The molecule has 1 amide bonds. The summed E-state index contributed by atoms with van der Waals surface area (Å²) < 4.78 is 125. The van der Waals surface area contributed by atoms with Crippen LogP contribution in [0.2, 0.25) is 0 Å². The molecule has 1 aliphatic rings. The summed E-state index contributed by atoms with van der Waals surface area (Å²) in [6.07, 6.45) is -16.0. The second kappa shape index (κ2) is 9.97. The van der Waals surface area contributed by atoms with Gasteiger partial charge in [-0.2, -0.15) is 39.5 Å². The molecule has 4 nitrogen and oxygen atoms in total. The molecule has 2 aromatic rings. The number of hydrogen-bond donors (Lipinski definition) is 1. The monoisotopic (exact) mass is 542 g/mol. The molecule has 0 saturated heterocycles. The van der Waals surface area contributed by atoms with E-state index >= 15 is 0 Å². The first-order chi connectivity index (χ1) is 16.9. The standard InChI is InChI=1S/C24H23F9N2O2/c1-12(2)19-10-20(17-9-14(22(25,26)27)4-5-18(17)34-19)35(21(36)37-3)11-13-6-15(23(28,29)30)8-16(7-13)24(31,32)33/h4-9,12,19-20,34H,10-11H2,1-3H3/t19-,20-/m0/s1. The molecular formula is C24H23F9N2O2. The van der Waals surface area contributed by atoms with Gasteiger partial charge in [0.15, 0.2) is 0 Å². The zero-order valence-electron chi connectivity index (χ0n) is 19.8. The lowest BCUT2D eigenvalue weighted by Gasteiger charge is -2.40. The molecule has 3 rings (SSSR count). The minimum absolute atomic E-state index is 0.0140. The fraction of sp³-hybridized carbons (Fsp3) is 0.458. The number of fused-ring (bicyclic) bond motifs is 1. The molecule has 1 N–H and O–H groups in total. The molecule has 0 spiro atoms. The number of amides is 1. The highest BCUT2D eigenvalue weighted by Gasteiger charge is 2.40. The highest BCUT2D eigenvalue weighted by molar-refractivity contribution is 5.70. The average molecular weight is 542 g/mol. The number of alkyl halides is 9. The van der Waals surface area contributed by atoms with Crippen molar-refractivity contribution >= 4 is 11.8 Å². The summed E-state index contributed by atoms with van der Waals surface area (Å²) in [7, 11) is 0.955. The van der Waals surface area contributed by atoms with Gasteiger partial charge in [-0.05, 0) is 59.9 Å². The number of rotatable bonds is 4. The number of carbonyl (C=O) groups excluding carboxylic acids is 1. The Morgan fingerprint density at radius 3 is 1.92 bits per heavy atom. The van der Waals surface area contributed by atoms with Gasteiger partial charge in [-0.25, -0.2) is 4.79 Å². The highest BCUT2D eigenvalue weighted by atomic mass is 19.4. The van der Waals surface area contributed by atoms with Crippen molar-refractivity contribution in [2.45, 2.75) is 57.4 Å². The number of halogens is 9. The van der Waals surface area contributed by atoms with Gasteiger partial charge in [-0.1, -0.05) is 13.8 Å². The van der Waals surface area contributed by atoms with Gasteiger partial charge in [0.05, 0.1) is 29.8 Å². The van der Waals surface area contributed by atoms with Gasteiger partial charge in [0.1, 0.15) is 0 Å². The lowest BCUT2D eigenvalue weighted by Crippen LogP contribution is -2.42. The van der Waals surface area contributed by atoms with E-state index in [1.54, 1.807) is 0 Å². The van der Waals surface area contributed by atoms with Crippen molar-refractivity contribution < 1.29 is 49.0 Å². The Bertz CT molecular complexity index is 1110. The van der Waals surface area contributed by atoms with Crippen molar-refractivity contribution in [3.8, 4) is 0 Å². The third kappa shape index (κ3) is 6.42. The second-order valence-electron chi connectivity index (χ2n) is 9.06. The molecule has 0 fully saturated rings. The lowest BCUT2D eigenvalue weighted by atomic mass is 9.86. The van der Waals surface area contributed by atoms with Crippen molar-refractivity contribution in [3.63, 3.8) is 0 Å². The number of ether oxygens (including phenoxy) is 1. The predicted octanol–water partition coefficient (Wildman–Crippen LogP) is 7.89. The topological polar surface area (TPSA) is 41.6 Å². The fourth-order valence-corrected chi connectivity index (χ4v) is 4.23. The highest BCUT2D eigenvalue weighted by Crippen LogP contribution is 2.43. The van der Waals surface area contributed by atoms with Crippen molar-refractivity contribution in [2.24, 2.45) is 5.92 Å². The van der Waals surface area contributed by atoms with Crippen LogP contribution >= 0.6 is 0 Å². The fourth-order valence-electron chi connectivity index (χ4n) is 4.23. The van der Waals surface area contributed by atoms with Gasteiger partial charge in [-0.15, -0.1) is 0 Å². The number of nitrogens with zero attached hydrogens (tertiary/aromatic N) is 1. The maximum absolute atomic E-state index is 13.4. The first-order valence-electron chi connectivity index (χ1n) is 11.0. The molecule has 1 aliphatic heterocycles. The van der Waals surface area contributed by atoms with Crippen LogP contribution in [-0.2, 0) is 29.8 Å². The van der Waals surface area contributed by atoms with E-state index in [9.17, 15) is 44.3 Å². The van der Waals surface area contributed by atoms with Crippen LogP contribution in [0.3, 0.4) is 0 Å². The quantitative estimate of drug-likeness (QED) is 0.400. The maximum atomic E-state index is 13.4. The van der Waals surface area contributed by atoms with E-state index in [4.69, 9.17) is 4.74 Å². The van der Waals surface area contributed by atoms with E-state index < -0.39 is 59.5 Å². The Hall–Kier alpha value is -3.12. The van der Waals surface area contributed by atoms with Crippen LogP contribution in [-0.4, -0.2) is 24.1 Å². The summed E-state index contributed by atoms with van der Waals surface area (Å²) in [6, 6.07) is 2.23. The third-order valence-electron chi connectivity index (χ3n) is 6.15. The first-order valence-corrected chi connectivity index (χ1v) is 11.0. The van der Waals surface area contributed by atoms with Crippen LogP contribution < -0.4 is 5.32 Å². The van der Waals surface area contributed by atoms with Crippen LogP contribution in [0, 0.1) is 5.92 Å². The van der Waals surface area contributed by atoms with Gasteiger partial charge in [-0.3, -0.25) is 4.90 Å². The van der Waals surface area contributed by atoms with E-state index in [1.165, 1.54) is 6.07 Å². The number of hydrogen-bond acceptors (Lipinski definition) is 3. The zero-order valence-corrected chi connectivity index (χ0v) is 19.8. The smallest absolute Gasteiger partial charge is 0.416 e. The van der Waals surface area contributed by atoms with Crippen LogP contribution in [0.1, 0.15) is 54.1 Å². The molecule has 0 aromatic heterocycles. The van der Waals surface area contributed by atoms with Gasteiger partial charge in [0.25, 0.3) is 0 Å². The molecule has 0 unspecified atom stereocenters. The number of benzene rings is 2. The Morgan fingerprint density at radius 1 is 0.919 bits per heavy atom. The molecule has 2 aromatic carbocycles. The van der Waals surface area contributed by atoms with Crippen LogP contribution in [0.25, 0.3) is 0 Å². The van der Waals surface area contributed by atoms with Crippen molar-refractivity contribution in [1.82, 2.24) is 4.90 Å². The Kier molecular flexibility index (Phi) is 7.67. The van der Waals surface area contributed by atoms with Gasteiger partial charge in [0.2, 0.25) is 0 Å². The van der Waals surface area contributed by atoms with Crippen molar-refractivity contribution in [3.05, 3.63) is 64.2 Å². The Balaban J connectivity index is 2.16. The molecule has 37 heavy (non-hydrogen) atoms. The summed E-state index contributed by atoms with van der Waals surface area (Å²) in [4.78, 5) is 13.6. The molecule has 1 heterocycles. The normalized spacial score (nSPS) is 18.3. The van der Waals surface area contributed by atoms with E-state index in [0.717, 1.165) is 24.1 Å². The van der Waals surface area contributed by atoms with E-state index in [2.05, 4.69) is 5.32 Å². The van der Waals surface area contributed by atoms with E-state index in [1.807, 2.05) is 13.8 Å². The molecule has 0 aliphatic carbocycles. The summed E-state index contributed by atoms with van der Waals surface area (Å²) in [6.45, 7) is 2.86. The van der Waals surface area contributed by atoms with Crippen LogP contribution in [0.4, 0.5) is 50.0 Å². The van der Waals surface area contributed by atoms with E-state index in [0.29, 0.717) is 12.1 Å². The molecular weight excluding hydrogens is 519 g/mol. The molecule has 0 radical (unpaired) electrons. The number of anilines is 1. The maximum Gasteiger partial charge on any atom is 0.416 e. The third-order valence-corrected chi connectivity index (χ3v) is 6.15. The van der Waals surface area contributed by atoms with E-state index in [-0.39, 0.29) is 35.7 Å². The van der Waals surface area contributed by atoms with Crippen LogP contribution in [0.15, 0.2) is 36.4 Å². The van der Waals surface area contributed by atoms with Gasteiger partial charge < -0.3 is 10.1 Å². The minimum atomic E-state index is -5.11. The number of carbonyl (C=O) groups is 1. The molecule has 13 heteroatoms. The summed E-state index contributed by atoms with van der Waals surface area (Å²) >= 11 is 0. The minimum Gasteiger partial charge on any atom is -0.453 e. The molecule has 0 saturated carbocycles. The summed E-state index contributed by atoms with van der Waals surface area (Å²) in [5, 5.41) is 3.10. The summed E-state index contributed by atoms with van der Waals surface area (Å²) in [5.41, 5.74) is -4.42. The van der Waals surface area contributed by atoms with Crippen molar-refractivity contribution in [2.75, 3.05) is 12.4 Å². The lowest BCUT2D eigenvalue weighted by molar-refractivity contribution is -0.143. The van der Waals surface area contributed by atoms with Gasteiger partial charge >= 0.3 is 24.6 Å². The molecule has 204 valence electrons.